The number of carbonyl (C=O) groups is 2. The molecule has 3 rings (SSSR count). The van der Waals surface area contributed by atoms with E-state index in [4.69, 9.17) is 34.8 Å². The fourth-order valence-corrected chi connectivity index (χ4v) is 6.02. The number of likely N-dealkylation sites (N-methyl/N-ethyl adjacent to an activating group) is 1. The number of rotatable bonds is 10. The number of hydrogen-bond donors (Lipinski definition) is 1. The Morgan fingerprint density at radius 3 is 2.18 bits per heavy atom. The zero-order valence-electron chi connectivity index (χ0n) is 21.1. The molecular weight excluding hydrogens is 569 g/mol. The van der Waals surface area contributed by atoms with E-state index in [0.717, 1.165) is 4.31 Å². The van der Waals surface area contributed by atoms with Crippen molar-refractivity contribution in [3.05, 3.63) is 92.9 Å². The van der Waals surface area contributed by atoms with Gasteiger partial charge in [-0.3, -0.25) is 13.9 Å². The Hall–Kier alpha value is -2.78. The van der Waals surface area contributed by atoms with Crippen molar-refractivity contribution >= 4 is 62.3 Å². The Labute approximate surface area is 238 Å². The number of carbonyl (C=O) groups excluding carboxylic acids is 2. The van der Waals surface area contributed by atoms with Crippen LogP contribution in [0.4, 0.5) is 5.69 Å². The first-order chi connectivity index (χ1) is 18.0. The first-order valence-electron chi connectivity index (χ1n) is 11.8. The molecule has 0 unspecified atom stereocenters. The van der Waals surface area contributed by atoms with E-state index in [1.165, 1.54) is 23.1 Å². The number of anilines is 1. The van der Waals surface area contributed by atoms with Crippen molar-refractivity contribution in [2.24, 2.45) is 0 Å². The summed E-state index contributed by atoms with van der Waals surface area (Å²) >= 11 is 19.0. The highest BCUT2D eigenvalue weighted by Crippen LogP contribution is 2.31. The lowest BCUT2D eigenvalue weighted by atomic mass is 10.1. The van der Waals surface area contributed by atoms with Crippen LogP contribution < -0.4 is 9.62 Å². The second-order valence-electron chi connectivity index (χ2n) is 8.55. The molecule has 0 aliphatic heterocycles. The lowest BCUT2D eigenvalue weighted by Crippen LogP contribution is -2.51. The minimum absolute atomic E-state index is 0.00430. The maximum absolute atomic E-state index is 13.9. The third-order valence-corrected chi connectivity index (χ3v) is 8.68. The first kappa shape index (κ1) is 29.8. The minimum atomic E-state index is -4.19. The van der Waals surface area contributed by atoms with Crippen molar-refractivity contribution in [3.63, 3.8) is 0 Å². The summed E-state index contributed by atoms with van der Waals surface area (Å²) in [5.74, 6) is -1.03. The molecule has 0 fully saturated rings. The van der Waals surface area contributed by atoms with Crippen LogP contribution in [-0.4, -0.2) is 44.3 Å². The molecule has 0 aliphatic carbocycles. The fraction of sp³-hybridized carbons (Fsp3) is 0.259. The number of nitrogens with zero attached hydrogens (tertiary/aromatic N) is 2. The van der Waals surface area contributed by atoms with Crippen molar-refractivity contribution < 1.29 is 18.0 Å². The minimum Gasteiger partial charge on any atom is -0.355 e. The zero-order valence-corrected chi connectivity index (χ0v) is 24.2. The Morgan fingerprint density at radius 2 is 1.58 bits per heavy atom. The lowest BCUT2D eigenvalue weighted by molar-refractivity contribution is -0.139. The van der Waals surface area contributed by atoms with Gasteiger partial charge in [-0.2, -0.15) is 0 Å². The number of benzene rings is 3. The molecule has 11 heteroatoms. The summed E-state index contributed by atoms with van der Waals surface area (Å²) in [6, 6.07) is 16.6. The summed E-state index contributed by atoms with van der Waals surface area (Å²) in [5.41, 5.74) is 1.28. The normalized spacial score (nSPS) is 12.1. The zero-order chi connectivity index (χ0) is 28.0. The van der Waals surface area contributed by atoms with E-state index < -0.39 is 34.4 Å². The lowest BCUT2D eigenvalue weighted by Gasteiger charge is -2.32. The molecule has 0 aliphatic rings. The second kappa shape index (κ2) is 12.8. The van der Waals surface area contributed by atoms with Gasteiger partial charge in [-0.15, -0.1) is 0 Å². The van der Waals surface area contributed by atoms with Crippen LogP contribution in [0.15, 0.2) is 71.6 Å². The molecule has 1 atom stereocenters. The molecule has 0 saturated carbocycles. The molecule has 3 aromatic carbocycles. The molecule has 202 valence electrons. The molecule has 0 spiro atoms. The van der Waals surface area contributed by atoms with Crippen LogP contribution in [-0.2, 0) is 26.2 Å². The van der Waals surface area contributed by atoms with Gasteiger partial charge < -0.3 is 10.2 Å². The molecule has 0 aromatic heterocycles. The molecular formula is C27H28Cl3N3O4S. The SMILES string of the molecule is CCNC(=O)[C@H](C)N(Cc1c(Cl)cccc1Cl)C(=O)CN(c1cc(Cl)ccc1C)S(=O)(=O)c1ccccc1. The number of sulfonamides is 1. The van der Waals surface area contributed by atoms with Crippen molar-refractivity contribution in [1.82, 2.24) is 10.2 Å². The third kappa shape index (κ3) is 6.80. The highest BCUT2D eigenvalue weighted by Gasteiger charge is 2.33. The summed E-state index contributed by atoms with van der Waals surface area (Å²) in [5, 5.41) is 3.65. The van der Waals surface area contributed by atoms with Crippen LogP contribution in [0, 0.1) is 6.92 Å². The maximum Gasteiger partial charge on any atom is 0.264 e. The van der Waals surface area contributed by atoms with Gasteiger partial charge >= 0.3 is 0 Å². The molecule has 3 aromatic rings. The van der Waals surface area contributed by atoms with E-state index in [0.29, 0.717) is 32.7 Å². The number of hydrogen-bond acceptors (Lipinski definition) is 4. The number of nitrogens with one attached hydrogen (secondary N) is 1. The Morgan fingerprint density at radius 1 is 0.947 bits per heavy atom. The molecule has 1 N–H and O–H groups in total. The first-order valence-corrected chi connectivity index (χ1v) is 14.4. The number of halogens is 3. The highest BCUT2D eigenvalue weighted by atomic mass is 35.5. The standard InChI is InChI=1S/C27H28Cl3N3O4S/c1-4-31-27(35)19(3)32(16-22-23(29)11-8-12-24(22)30)26(34)17-33(25-15-20(28)14-13-18(25)2)38(36,37)21-9-6-5-7-10-21/h5-15,19H,4,16-17H2,1-3H3,(H,31,35)/t19-/m0/s1. The van der Waals surface area contributed by atoms with Crippen LogP contribution in [0.25, 0.3) is 0 Å². The van der Waals surface area contributed by atoms with Crippen LogP contribution in [0.5, 0.6) is 0 Å². The third-order valence-electron chi connectivity index (χ3n) is 5.96. The van der Waals surface area contributed by atoms with Crippen molar-refractivity contribution in [3.8, 4) is 0 Å². The van der Waals surface area contributed by atoms with Crippen molar-refractivity contribution in [2.75, 3.05) is 17.4 Å². The van der Waals surface area contributed by atoms with Gasteiger partial charge in [0.05, 0.1) is 10.6 Å². The van der Waals surface area contributed by atoms with E-state index in [1.807, 2.05) is 0 Å². The summed E-state index contributed by atoms with van der Waals surface area (Å²) in [6.45, 7) is 4.70. The van der Waals surface area contributed by atoms with Crippen LogP contribution >= 0.6 is 34.8 Å². The van der Waals surface area contributed by atoms with Gasteiger partial charge in [0.1, 0.15) is 12.6 Å². The maximum atomic E-state index is 13.9. The average molecular weight is 597 g/mol. The topological polar surface area (TPSA) is 86.8 Å². The Kier molecular flexibility index (Phi) is 10.1. The predicted molar refractivity (Wildman–Crippen MR) is 152 cm³/mol. The quantitative estimate of drug-likeness (QED) is 0.325. The predicted octanol–water partition coefficient (Wildman–Crippen LogP) is 5.70. The highest BCUT2D eigenvalue weighted by molar-refractivity contribution is 7.92. The second-order valence-corrected chi connectivity index (χ2v) is 11.7. The Bertz CT molecular complexity index is 1400. The molecule has 0 heterocycles. The van der Waals surface area contributed by atoms with E-state index in [2.05, 4.69) is 5.32 Å². The van der Waals surface area contributed by atoms with E-state index in [1.54, 1.807) is 69.3 Å². The van der Waals surface area contributed by atoms with Crippen molar-refractivity contribution in [2.45, 2.75) is 38.3 Å². The largest absolute Gasteiger partial charge is 0.355 e. The summed E-state index contributed by atoms with van der Waals surface area (Å²) < 4.78 is 28.6. The van der Waals surface area contributed by atoms with E-state index >= 15 is 0 Å². The van der Waals surface area contributed by atoms with E-state index in [9.17, 15) is 18.0 Å². The van der Waals surface area contributed by atoms with Gasteiger partial charge in [0.25, 0.3) is 10.0 Å². The van der Waals surface area contributed by atoms with Crippen molar-refractivity contribution in [1.29, 1.82) is 0 Å². The Balaban J connectivity index is 2.10. The summed E-state index contributed by atoms with van der Waals surface area (Å²) in [7, 11) is -4.19. The average Bonchev–Trinajstić information content (AvgIpc) is 2.88. The molecule has 0 bridgehead atoms. The van der Waals surface area contributed by atoms with Gasteiger partial charge in [0.2, 0.25) is 11.8 Å². The molecule has 0 radical (unpaired) electrons. The smallest absolute Gasteiger partial charge is 0.264 e. The molecule has 0 saturated heterocycles. The van der Waals surface area contributed by atoms with Gasteiger partial charge in [-0.25, -0.2) is 8.42 Å². The van der Waals surface area contributed by atoms with Gasteiger partial charge in [0.15, 0.2) is 0 Å². The summed E-state index contributed by atoms with van der Waals surface area (Å²) in [4.78, 5) is 28.0. The number of amides is 2. The van der Waals surface area contributed by atoms with E-state index in [-0.39, 0.29) is 17.1 Å². The number of aryl methyl sites for hydroxylation is 1. The monoisotopic (exact) mass is 595 g/mol. The fourth-order valence-electron chi connectivity index (χ4n) is 3.84. The van der Waals surface area contributed by atoms with Crippen LogP contribution in [0.3, 0.4) is 0 Å². The molecule has 7 nitrogen and oxygen atoms in total. The van der Waals surface area contributed by atoms with Gasteiger partial charge in [-0.05, 0) is 62.7 Å². The van der Waals surface area contributed by atoms with Gasteiger partial charge in [0, 0.05) is 33.7 Å². The van der Waals surface area contributed by atoms with Gasteiger partial charge in [-0.1, -0.05) is 65.1 Å². The molecule has 38 heavy (non-hydrogen) atoms. The molecule has 2 amide bonds. The van der Waals surface area contributed by atoms with Crippen LogP contribution in [0.2, 0.25) is 15.1 Å². The van der Waals surface area contributed by atoms with Crippen LogP contribution in [0.1, 0.15) is 25.0 Å². The summed E-state index contributed by atoms with van der Waals surface area (Å²) in [6.07, 6.45) is 0.